The van der Waals surface area contributed by atoms with Crippen molar-refractivity contribution in [2.24, 2.45) is 5.73 Å². The van der Waals surface area contributed by atoms with E-state index >= 15 is 0 Å². The van der Waals surface area contributed by atoms with E-state index in [1.54, 1.807) is 0 Å². The molecule has 1 aromatic rings. The van der Waals surface area contributed by atoms with Gasteiger partial charge in [-0.05, 0) is 44.8 Å². The second kappa shape index (κ2) is 5.84. The van der Waals surface area contributed by atoms with Crippen molar-refractivity contribution in [1.29, 1.82) is 0 Å². The van der Waals surface area contributed by atoms with Gasteiger partial charge in [-0.1, -0.05) is 0 Å². The van der Waals surface area contributed by atoms with Crippen LogP contribution < -0.4 is 5.73 Å². The molecule has 6 heteroatoms. The Morgan fingerprint density at radius 2 is 2.35 bits per heavy atom. The molecule has 1 aromatic heterocycles. The quantitative estimate of drug-likeness (QED) is 0.890. The molecule has 4 nitrogen and oxygen atoms in total. The highest BCUT2D eigenvalue weighted by Crippen LogP contribution is 2.27. The standard InChI is InChI=1S/C11H16Br2N2O2/c1-7(14)10-6-15(2-3-16-10)5-8-4-9(12)11(13)17-8/h4,7,10H,2-3,5-6,14H2,1H3. The van der Waals surface area contributed by atoms with E-state index < -0.39 is 0 Å². The van der Waals surface area contributed by atoms with Gasteiger partial charge in [-0.2, -0.15) is 0 Å². The Hall–Kier alpha value is 0.120. The van der Waals surface area contributed by atoms with Crippen molar-refractivity contribution in [3.63, 3.8) is 0 Å². The molecule has 1 aliphatic heterocycles. The van der Waals surface area contributed by atoms with Crippen LogP contribution in [-0.4, -0.2) is 36.7 Å². The third kappa shape index (κ3) is 3.54. The maximum absolute atomic E-state index is 5.86. The molecule has 0 spiro atoms. The molecule has 0 bridgehead atoms. The number of furan rings is 1. The van der Waals surface area contributed by atoms with Gasteiger partial charge < -0.3 is 14.9 Å². The first-order chi connectivity index (χ1) is 8.06. The third-order valence-corrected chi connectivity index (χ3v) is 4.55. The second-order valence-corrected chi connectivity index (χ2v) is 5.91. The molecule has 0 aromatic carbocycles. The topological polar surface area (TPSA) is 51.6 Å². The SMILES string of the molecule is CC(N)C1CN(Cc2cc(Br)c(Br)o2)CCO1. The van der Waals surface area contributed by atoms with E-state index in [9.17, 15) is 0 Å². The van der Waals surface area contributed by atoms with Crippen molar-refractivity contribution < 1.29 is 9.15 Å². The summed E-state index contributed by atoms with van der Waals surface area (Å²) in [7, 11) is 0. The van der Waals surface area contributed by atoms with Crippen molar-refractivity contribution in [2.45, 2.75) is 25.6 Å². The summed E-state index contributed by atoms with van der Waals surface area (Å²) < 4.78 is 12.9. The molecule has 0 amide bonds. The zero-order chi connectivity index (χ0) is 12.4. The number of nitrogens with zero attached hydrogens (tertiary/aromatic N) is 1. The summed E-state index contributed by atoms with van der Waals surface area (Å²) in [6, 6.07) is 2.05. The molecule has 0 saturated carbocycles. The smallest absolute Gasteiger partial charge is 0.183 e. The summed E-state index contributed by atoms with van der Waals surface area (Å²) >= 11 is 6.75. The Balaban J connectivity index is 1.94. The predicted molar refractivity (Wildman–Crippen MR) is 72.8 cm³/mol. The van der Waals surface area contributed by atoms with Crippen molar-refractivity contribution in [1.82, 2.24) is 4.90 Å². The maximum atomic E-state index is 5.86. The highest BCUT2D eigenvalue weighted by atomic mass is 79.9. The Kier molecular flexibility index (Phi) is 4.65. The molecule has 2 N–H and O–H groups in total. The minimum atomic E-state index is 0.0628. The largest absolute Gasteiger partial charge is 0.452 e. The summed E-state index contributed by atoms with van der Waals surface area (Å²) in [5.74, 6) is 0.939. The molecular weight excluding hydrogens is 352 g/mol. The minimum absolute atomic E-state index is 0.0628. The van der Waals surface area contributed by atoms with Gasteiger partial charge >= 0.3 is 0 Å². The molecule has 1 fully saturated rings. The summed E-state index contributed by atoms with van der Waals surface area (Å²) in [6.45, 7) is 5.27. The summed E-state index contributed by atoms with van der Waals surface area (Å²) in [5, 5.41) is 0. The van der Waals surface area contributed by atoms with Gasteiger partial charge in [-0.15, -0.1) is 0 Å². The predicted octanol–water partition coefficient (Wildman–Crippen LogP) is 2.35. The van der Waals surface area contributed by atoms with Crippen molar-refractivity contribution in [3.8, 4) is 0 Å². The van der Waals surface area contributed by atoms with E-state index in [0.29, 0.717) is 0 Å². The van der Waals surface area contributed by atoms with Crippen molar-refractivity contribution >= 4 is 31.9 Å². The van der Waals surface area contributed by atoms with Gasteiger partial charge in [0.2, 0.25) is 0 Å². The lowest BCUT2D eigenvalue weighted by molar-refractivity contribution is -0.0420. The van der Waals surface area contributed by atoms with Crippen LogP contribution in [0.15, 0.2) is 19.6 Å². The Bertz CT molecular complexity index is 362. The van der Waals surface area contributed by atoms with Crippen molar-refractivity contribution in [2.75, 3.05) is 19.7 Å². The lowest BCUT2D eigenvalue weighted by Gasteiger charge is -2.34. The number of nitrogens with two attached hydrogens (primary N) is 1. The number of halogens is 2. The number of ether oxygens (including phenoxy) is 1. The monoisotopic (exact) mass is 366 g/mol. The molecule has 0 radical (unpaired) electrons. The molecule has 0 aliphatic carbocycles. The number of morpholine rings is 1. The molecule has 2 atom stereocenters. The van der Waals surface area contributed by atoms with Gasteiger partial charge in [0.25, 0.3) is 0 Å². The zero-order valence-electron chi connectivity index (χ0n) is 9.66. The molecule has 96 valence electrons. The van der Waals surface area contributed by atoms with Crippen LogP contribution in [0.3, 0.4) is 0 Å². The number of hydrogen-bond acceptors (Lipinski definition) is 4. The average molecular weight is 368 g/mol. The highest BCUT2D eigenvalue weighted by molar-refractivity contribution is 9.13. The summed E-state index contributed by atoms with van der Waals surface area (Å²) in [5.41, 5.74) is 5.86. The zero-order valence-corrected chi connectivity index (χ0v) is 12.8. The van der Waals surface area contributed by atoms with Crippen molar-refractivity contribution in [3.05, 3.63) is 21.0 Å². The molecular formula is C11H16Br2N2O2. The normalized spacial score (nSPS) is 23.9. The number of hydrogen-bond donors (Lipinski definition) is 1. The molecule has 17 heavy (non-hydrogen) atoms. The van der Waals surface area contributed by atoms with E-state index in [1.165, 1.54) is 0 Å². The van der Waals surface area contributed by atoms with Crippen LogP contribution >= 0.6 is 31.9 Å². The molecule has 2 heterocycles. The average Bonchev–Trinajstić information content (AvgIpc) is 2.58. The molecule has 2 unspecified atom stereocenters. The van der Waals surface area contributed by atoms with Crippen LogP contribution in [0.1, 0.15) is 12.7 Å². The fraction of sp³-hybridized carbons (Fsp3) is 0.636. The van der Waals surface area contributed by atoms with Gasteiger partial charge in [0, 0.05) is 19.1 Å². The van der Waals surface area contributed by atoms with Gasteiger partial charge in [-0.3, -0.25) is 4.90 Å². The highest BCUT2D eigenvalue weighted by Gasteiger charge is 2.24. The van der Waals surface area contributed by atoms with Crippen LogP contribution in [0.5, 0.6) is 0 Å². The summed E-state index contributed by atoms with van der Waals surface area (Å²) in [6.07, 6.45) is 0.116. The fourth-order valence-electron chi connectivity index (χ4n) is 1.88. The van der Waals surface area contributed by atoms with Gasteiger partial charge in [0.05, 0.1) is 23.7 Å². The lowest BCUT2D eigenvalue weighted by atomic mass is 10.1. The first kappa shape index (κ1) is 13.5. The lowest BCUT2D eigenvalue weighted by Crippen LogP contribution is -2.49. The first-order valence-electron chi connectivity index (χ1n) is 5.59. The molecule has 1 aliphatic rings. The van der Waals surface area contributed by atoms with Crippen LogP contribution in [0.25, 0.3) is 0 Å². The van der Waals surface area contributed by atoms with E-state index in [4.69, 9.17) is 14.9 Å². The molecule has 2 rings (SSSR count). The fourth-order valence-corrected chi connectivity index (χ4v) is 2.54. The maximum Gasteiger partial charge on any atom is 0.183 e. The van der Waals surface area contributed by atoms with Crippen LogP contribution in [0.2, 0.25) is 0 Å². The Morgan fingerprint density at radius 1 is 1.59 bits per heavy atom. The molecule has 1 saturated heterocycles. The minimum Gasteiger partial charge on any atom is -0.452 e. The van der Waals surface area contributed by atoms with Crippen LogP contribution in [0, 0.1) is 0 Å². The van der Waals surface area contributed by atoms with E-state index in [-0.39, 0.29) is 12.1 Å². The van der Waals surface area contributed by atoms with Crippen LogP contribution in [-0.2, 0) is 11.3 Å². The Labute approximate surface area is 118 Å². The second-order valence-electron chi connectivity index (χ2n) is 4.34. The van der Waals surface area contributed by atoms with E-state index in [1.807, 2.05) is 13.0 Å². The van der Waals surface area contributed by atoms with E-state index in [0.717, 1.165) is 41.1 Å². The van der Waals surface area contributed by atoms with Gasteiger partial charge in [0.15, 0.2) is 4.67 Å². The van der Waals surface area contributed by atoms with E-state index in [2.05, 4.69) is 36.8 Å². The third-order valence-electron chi connectivity index (χ3n) is 2.84. The first-order valence-corrected chi connectivity index (χ1v) is 7.18. The van der Waals surface area contributed by atoms with Gasteiger partial charge in [0.1, 0.15) is 5.76 Å². The Morgan fingerprint density at radius 3 is 2.94 bits per heavy atom. The van der Waals surface area contributed by atoms with Gasteiger partial charge in [-0.25, -0.2) is 0 Å². The summed E-state index contributed by atoms with van der Waals surface area (Å²) in [4.78, 5) is 2.30. The number of rotatable bonds is 3. The van der Waals surface area contributed by atoms with Crippen LogP contribution in [0.4, 0.5) is 0 Å².